The van der Waals surface area contributed by atoms with Gasteiger partial charge in [-0.15, -0.1) is 0 Å². The van der Waals surface area contributed by atoms with Crippen molar-refractivity contribution >= 4 is 38.5 Å². The molecule has 5 rings (SSSR count). The monoisotopic (exact) mass is 597 g/mol. The van der Waals surface area contributed by atoms with E-state index >= 15 is 0 Å². The van der Waals surface area contributed by atoms with E-state index in [-0.39, 0.29) is 41.2 Å². The molecular weight excluding hydrogens is 575 g/mol. The number of fused-ring (bicyclic) bond motifs is 1. The molecule has 0 saturated carbocycles. The quantitative estimate of drug-likeness (QED) is 0.197. The third kappa shape index (κ3) is 6.75. The lowest BCUT2D eigenvalue weighted by molar-refractivity contribution is -0.137. The molecule has 11 nitrogen and oxygen atoms in total. The first-order chi connectivity index (χ1) is 19.8. The van der Waals surface area contributed by atoms with Crippen LogP contribution in [0.5, 0.6) is 11.6 Å². The van der Waals surface area contributed by atoms with Gasteiger partial charge in [-0.05, 0) is 42.0 Å². The molecule has 3 aromatic carbocycles. The zero-order valence-corrected chi connectivity index (χ0v) is 22.5. The lowest BCUT2D eigenvalue weighted by atomic mass is 10.1. The van der Waals surface area contributed by atoms with Crippen molar-refractivity contribution in [3.05, 3.63) is 94.3 Å². The summed E-state index contributed by atoms with van der Waals surface area (Å²) in [6.45, 7) is 0.169. The van der Waals surface area contributed by atoms with Gasteiger partial charge in [0.05, 0.1) is 23.0 Å². The molecule has 0 fully saturated rings. The number of nitrogens with zero attached hydrogens (tertiary/aromatic N) is 3. The summed E-state index contributed by atoms with van der Waals surface area (Å²) in [4.78, 5) is 27.4. The average Bonchev–Trinajstić information content (AvgIpc) is 2.92. The molecule has 0 aliphatic heterocycles. The lowest BCUT2D eigenvalue weighted by Crippen LogP contribution is -2.13. The molecule has 5 aromatic rings. The number of nitrogens with one attached hydrogen (secondary N) is 3. The second-order valence-corrected chi connectivity index (χ2v) is 10.9. The maximum atomic E-state index is 13.1. The molecule has 0 bridgehead atoms. The van der Waals surface area contributed by atoms with E-state index in [0.29, 0.717) is 22.3 Å². The van der Waals surface area contributed by atoms with Crippen LogP contribution in [0.2, 0.25) is 0 Å². The van der Waals surface area contributed by atoms with Gasteiger partial charge in [0, 0.05) is 23.9 Å². The second kappa shape index (κ2) is 11.0. The maximum Gasteiger partial charge on any atom is 0.416 e. The summed E-state index contributed by atoms with van der Waals surface area (Å²) in [6.07, 6.45) is -3.46. The first-order valence-electron chi connectivity index (χ1n) is 12.2. The van der Waals surface area contributed by atoms with Crippen LogP contribution in [0.15, 0.2) is 77.6 Å². The Balaban J connectivity index is 1.50. The van der Waals surface area contributed by atoms with Crippen molar-refractivity contribution in [3.8, 4) is 22.9 Å². The number of para-hydroxylation sites is 1. The summed E-state index contributed by atoms with van der Waals surface area (Å²) in [5.74, 6) is 0.0404. The normalized spacial score (nSPS) is 11.8. The summed E-state index contributed by atoms with van der Waals surface area (Å²) in [6, 6.07) is 17.4. The third-order valence-electron chi connectivity index (χ3n) is 5.82. The summed E-state index contributed by atoms with van der Waals surface area (Å²) in [7, 11) is -3.48. The SMILES string of the molecule is CS(=O)(=O)Nc1cccc(CNc2nc(Oc3cccc4[nH]c(=O)c(N)nc34)cc(-c3ccc(C(F)(F)F)cc3)n2)c1. The summed E-state index contributed by atoms with van der Waals surface area (Å²) >= 11 is 0. The molecule has 0 unspecified atom stereocenters. The van der Waals surface area contributed by atoms with Crippen molar-refractivity contribution in [3.63, 3.8) is 0 Å². The van der Waals surface area contributed by atoms with Gasteiger partial charge in [0.1, 0.15) is 5.52 Å². The molecule has 15 heteroatoms. The molecule has 0 amide bonds. The van der Waals surface area contributed by atoms with Crippen LogP contribution < -0.4 is 26.1 Å². The number of nitrogens with two attached hydrogens (primary N) is 1. The number of ether oxygens (including phenoxy) is 1. The van der Waals surface area contributed by atoms with Crippen LogP contribution in [-0.4, -0.2) is 34.6 Å². The van der Waals surface area contributed by atoms with Crippen molar-refractivity contribution in [1.82, 2.24) is 19.9 Å². The van der Waals surface area contributed by atoms with Crippen LogP contribution in [0.25, 0.3) is 22.3 Å². The molecule has 5 N–H and O–H groups in total. The molecule has 0 radical (unpaired) electrons. The first-order valence-corrected chi connectivity index (χ1v) is 14.1. The molecule has 0 saturated heterocycles. The Morgan fingerprint density at radius 2 is 1.71 bits per heavy atom. The number of nitrogen functional groups attached to an aromatic ring is 1. The van der Waals surface area contributed by atoms with E-state index < -0.39 is 27.3 Å². The van der Waals surface area contributed by atoms with Crippen molar-refractivity contribution < 1.29 is 26.3 Å². The van der Waals surface area contributed by atoms with Gasteiger partial charge < -0.3 is 20.8 Å². The highest BCUT2D eigenvalue weighted by atomic mass is 32.2. The second-order valence-electron chi connectivity index (χ2n) is 9.12. The molecule has 0 aliphatic rings. The van der Waals surface area contributed by atoms with E-state index in [9.17, 15) is 26.4 Å². The number of hydrogen-bond acceptors (Lipinski definition) is 9. The van der Waals surface area contributed by atoms with E-state index in [1.165, 1.54) is 18.2 Å². The zero-order valence-electron chi connectivity index (χ0n) is 21.7. The summed E-state index contributed by atoms with van der Waals surface area (Å²) in [5, 5.41) is 3.03. The largest absolute Gasteiger partial charge is 0.436 e. The van der Waals surface area contributed by atoms with Gasteiger partial charge in [0.25, 0.3) is 5.56 Å². The summed E-state index contributed by atoms with van der Waals surface area (Å²) < 4.78 is 71.0. The predicted molar refractivity (Wildman–Crippen MR) is 152 cm³/mol. The summed E-state index contributed by atoms with van der Waals surface area (Å²) in [5.41, 5.74) is 6.61. The van der Waals surface area contributed by atoms with Gasteiger partial charge in [-0.1, -0.05) is 30.3 Å². The highest BCUT2D eigenvalue weighted by Crippen LogP contribution is 2.33. The minimum atomic E-state index is -4.50. The number of alkyl halides is 3. The van der Waals surface area contributed by atoms with Crippen molar-refractivity contribution in [2.24, 2.45) is 0 Å². The minimum Gasteiger partial charge on any atom is -0.436 e. The zero-order chi connectivity index (χ0) is 30.1. The van der Waals surface area contributed by atoms with Crippen molar-refractivity contribution in [2.45, 2.75) is 12.7 Å². The Morgan fingerprint density at radius 3 is 2.43 bits per heavy atom. The molecule has 0 spiro atoms. The highest BCUT2D eigenvalue weighted by Gasteiger charge is 2.30. The van der Waals surface area contributed by atoms with Gasteiger partial charge in [-0.3, -0.25) is 9.52 Å². The molecule has 0 atom stereocenters. The van der Waals surface area contributed by atoms with Gasteiger partial charge in [-0.2, -0.15) is 18.2 Å². The van der Waals surface area contributed by atoms with Crippen molar-refractivity contribution in [2.75, 3.05) is 22.0 Å². The Labute approximate surface area is 236 Å². The molecule has 2 heterocycles. The number of H-pyrrole nitrogens is 1. The molecule has 2 aromatic heterocycles. The molecule has 0 aliphatic carbocycles. The molecule has 216 valence electrons. The Hall–Kier alpha value is -5.18. The van der Waals surface area contributed by atoms with Gasteiger partial charge in [-0.25, -0.2) is 18.4 Å². The topological polar surface area (TPSA) is 165 Å². The van der Waals surface area contributed by atoms with E-state index in [0.717, 1.165) is 18.4 Å². The van der Waals surface area contributed by atoms with Crippen LogP contribution in [0, 0.1) is 0 Å². The van der Waals surface area contributed by atoms with E-state index in [4.69, 9.17) is 10.5 Å². The average molecular weight is 598 g/mol. The number of aromatic nitrogens is 4. The number of sulfonamides is 1. The first kappa shape index (κ1) is 28.4. The fraction of sp³-hybridized carbons (Fsp3) is 0.111. The molecule has 42 heavy (non-hydrogen) atoms. The Bertz CT molecular complexity index is 1950. The van der Waals surface area contributed by atoms with Gasteiger partial charge in [0.2, 0.25) is 21.9 Å². The predicted octanol–water partition coefficient (Wildman–Crippen LogP) is 4.76. The standard InChI is InChI=1S/C27H22F3N7O4S/c1-42(39,40)37-18-5-2-4-15(12-18)14-32-26-34-20(16-8-10-17(11-9-16)27(28,29)30)13-22(35-26)41-21-7-3-6-19-23(21)36-24(31)25(38)33-19/h2-13,37H,14H2,1H3,(H2,31,36)(H,33,38)(H,32,34,35). The van der Waals surface area contributed by atoms with Crippen molar-refractivity contribution in [1.29, 1.82) is 0 Å². The number of aromatic amines is 1. The van der Waals surface area contributed by atoms with Crippen LogP contribution >= 0.6 is 0 Å². The van der Waals surface area contributed by atoms with Crippen LogP contribution in [0.4, 0.5) is 30.6 Å². The Kier molecular flexibility index (Phi) is 7.43. The van der Waals surface area contributed by atoms with E-state index in [2.05, 4.69) is 30.0 Å². The van der Waals surface area contributed by atoms with Gasteiger partial charge in [0.15, 0.2) is 11.6 Å². The smallest absolute Gasteiger partial charge is 0.416 e. The minimum absolute atomic E-state index is 0.0222. The van der Waals surface area contributed by atoms with E-state index in [1.54, 1.807) is 42.5 Å². The maximum absolute atomic E-state index is 13.1. The van der Waals surface area contributed by atoms with Crippen LogP contribution in [-0.2, 0) is 22.7 Å². The fourth-order valence-electron chi connectivity index (χ4n) is 3.97. The lowest BCUT2D eigenvalue weighted by Gasteiger charge is -2.13. The van der Waals surface area contributed by atoms with Gasteiger partial charge >= 0.3 is 6.18 Å². The third-order valence-corrected chi connectivity index (χ3v) is 6.42. The van der Waals surface area contributed by atoms with Crippen LogP contribution in [0.3, 0.4) is 0 Å². The Morgan fingerprint density at radius 1 is 0.976 bits per heavy atom. The number of halogens is 3. The number of hydrogen-bond donors (Lipinski definition) is 4. The van der Waals surface area contributed by atoms with E-state index in [1.807, 2.05) is 0 Å². The number of anilines is 3. The number of benzene rings is 3. The highest BCUT2D eigenvalue weighted by molar-refractivity contribution is 7.92. The van der Waals surface area contributed by atoms with Crippen LogP contribution in [0.1, 0.15) is 11.1 Å². The molecular formula is C27H22F3N7O4S. The number of rotatable bonds is 8. The fourth-order valence-corrected chi connectivity index (χ4v) is 4.52.